The Kier molecular flexibility index (Phi) is 5.53. The number of rotatable bonds is 5. The van der Waals surface area contributed by atoms with Crippen LogP contribution in [0.2, 0.25) is 10.0 Å². The Morgan fingerprint density at radius 2 is 1.73 bits per heavy atom. The molecule has 2 aromatic heterocycles. The van der Waals surface area contributed by atoms with Crippen LogP contribution in [0.3, 0.4) is 0 Å². The Hall–Kier alpha value is -3.22. The molecule has 0 saturated heterocycles. The zero-order chi connectivity index (χ0) is 21.3. The topological polar surface area (TPSA) is 72.9 Å². The summed E-state index contributed by atoms with van der Waals surface area (Å²) in [5.74, 6) is -1.24. The summed E-state index contributed by atoms with van der Waals surface area (Å²) >= 11 is 12.0. The summed E-state index contributed by atoms with van der Waals surface area (Å²) in [4.78, 5) is 25.7. The summed E-state index contributed by atoms with van der Waals surface area (Å²) in [6, 6.07) is 17.3. The number of halogens is 2. The van der Waals surface area contributed by atoms with Crippen LogP contribution in [0.15, 0.2) is 71.7 Å². The maximum Gasteiger partial charge on any atom is 0.361 e. The van der Waals surface area contributed by atoms with Crippen molar-refractivity contribution in [3.63, 3.8) is 0 Å². The molecule has 6 nitrogen and oxygen atoms in total. The van der Waals surface area contributed by atoms with Crippen LogP contribution in [-0.2, 0) is 17.9 Å². The second-order valence-electron chi connectivity index (χ2n) is 6.64. The van der Waals surface area contributed by atoms with E-state index in [9.17, 15) is 14.7 Å². The number of benzene rings is 2. The first-order chi connectivity index (χ1) is 14.5. The largest absolute Gasteiger partial charge is 0.493 e. The molecule has 30 heavy (non-hydrogen) atoms. The quantitative estimate of drug-likeness (QED) is 0.461. The lowest BCUT2D eigenvalue weighted by molar-refractivity contribution is 0.0458. The van der Waals surface area contributed by atoms with E-state index in [0.717, 1.165) is 10.1 Å². The Bertz CT molecular complexity index is 1300. The van der Waals surface area contributed by atoms with Crippen molar-refractivity contribution in [1.82, 2.24) is 8.97 Å². The number of fused-ring (bicyclic) bond motifs is 1. The average molecular weight is 443 g/mol. The highest BCUT2D eigenvalue weighted by Crippen LogP contribution is 2.25. The van der Waals surface area contributed by atoms with Crippen molar-refractivity contribution in [3.8, 4) is 5.88 Å². The Labute approximate surface area is 181 Å². The lowest BCUT2D eigenvalue weighted by Crippen LogP contribution is -2.26. The van der Waals surface area contributed by atoms with Crippen LogP contribution in [0.1, 0.15) is 21.6 Å². The second-order valence-corrected chi connectivity index (χ2v) is 7.45. The molecule has 2 heterocycles. The molecule has 0 aliphatic rings. The fraction of sp³-hybridized carbons (Fsp3) is 0.0909. The van der Waals surface area contributed by atoms with Gasteiger partial charge in [0.1, 0.15) is 12.1 Å². The van der Waals surface area contributed by atoms with Gasteiger partial charge in [0.15, 0.2) is 5.69 Å². The van der Waals surface area contributed by atoms with Crippen molar-refractivity contribution in [2.24, 2.45) is 0 Å². The van der Waals surface area contributed by atoms with Crippen LogP contribution in [0.25, 0.3) is 5.52 Å². The van der Waals surface area contributed by atoms with E-state index in [1.165, 1.54) is 10.6 Å². The molecule has 152 valence electrons. The van der Waals surface area contributed by atoms with Crippen LogP contribution in [0, 0.1) is 0 Å². The van der Waals surface area contributed by atoms with Crippen molar-refractivity contribution in [1.29, 1.82) is 0 Å². The molecule has 0 radical (unpaired) electrons. The fourth-order valence-corrected chi connectivity index (χ4v) is 3.49. The molecule has 0 bridgehead atoms. The number of carbonyl (C=O) groups is 1. The minimum absolute atomic E-state index is 0.00218. The average Bonchev–Trinajstić information content (AvgIpc) is 3.22. The van der Waals surface area contributed by atoms with E-state index in [-0.39, 0.29) is 24.4 Å². The van der Waals surface area contributed by atoms with Gasteiger partial charge < -0.3 is 14.2 Å². The van der Waals surface area contributed by atoms with E-state index >= 15 is 0 Å². The summed E-state index contributed by atoms with van der Waals surface area (Å²) < 4.78 is 7.81. The number of nitrogens with zero attached hydrogens (tertiary/aromatic N) is 2. The number of aromatic hydroxyl groups is 1. The number of ether oxygens (including phenoxy) is 1. The van der Waals surface area contributed by atoms with Crippen molar-refractivity contribution in [2.75, 3.05) is 0 Å². The number of hydrogen-bond donors (Lipinski definition) is 1. The molecule has 0 aliphatic heterocycles. The predicted octanol–water partition coefficient (Wildman–Crippen LogP) is 4.52. The van der Waals surface area contributed by atoms with Gasteiger partial charge in [-0.05, 0) is 35.4 Å². The summed E-state index contributed by atoms with van der Waals surface area (Å²) in [7, 11) is 0. The van der Waals surface area contributed by atoms with Crippen molar-refractivity contribution >= 4 is 34.7 Å². The maximum absolute atomic E-state index is 12.9. The van der Waals surface area contributed by atoms with Gasteiger partial charge >= 0.3 is 5.97 Å². The molecule has 0 saturated carbocycles. The van der Waals surface area contributed by atoms with Crippen LogP contribution < -0.4 is 5.56 Å². The van der Waals surface area contributed by atoms with E-state index in [1.807, 2.05) is 30.3 Å². The molecule has 0 aliphatic carbocycles. The van der Waals surface area contributed by atoms with Crippen molar-refractivity contribution in [2.45, 2.75) is 13.2 Å². The van der Waals surface area contributed by atoms with Crippen LogP contribution in [0.5, 0.6) is 5.88 Å². The molecule has 0 fully saturated rings. The van der Waals surface area contributed by atoms with Gasteiger partial charge in [0.25, 0.3) is 5.56 Å². The molecule has 0 atom stereocenters. The Balaban J connectivity index is 1.74. The first kappa shape index (κ1) is 20.1. The fourth-order valence-electron chi connectivity index (χ4n) is 3.17. The maximum atomic E-state index is 12.9. The Morgan fingerprint density at radius 1 is 0.967 bits per heavy atom. The summed E-state index contributed by atoms with van der Waals surface area (Å²) in [5, 5.41) is 11.5. The molecule has 0 amide bonds. The first-order valence-electron chi connectivity index (χ1n) is 9.03. The monoisotopic (exact) mass is 442 g/mol. The Morgan fingerprint density at radius 3 is 2.47 bits per heavy atom. The standard InChI is InChI=1S/C22H16Cl2N2O4/c23-16-9-8-15(11-17(16)24)12-26-20(27)18-7-4-10-25(18)19(21(26)28)22(29)30-13-14-5-2-1-3-6-14/h1-11,28H,12-13H2. The van der Waals surface area contributed by atoms with Crippen LogP contribution in [0.4, 0.5) is 0 Å². The van der Waals surface area contributed by atoms with E-state index in [4.69, 9.17) is 27.9 Å². The van der Waals surface area contributed by atoms with Gasteiger partial charge in [-0.25, -0.2) is 4.79 Å². The van der Waals surface area contributed by atoms with Gasteiger partial charge in [0, 0.05) is 6.20 Å². The molecule has 1 N–H and O–H groups in total. The molecule has 2 aromatic carbocycles. The van der Waals surface area contributed by atoms with E-state index in [0.29, 0.717) is 15.6 Å². The van der Waals surface area contributed by atoms with Gasteiger partial charge in [-0.15, -0.1) is 0 Å². The summed E-state index contributed by atoms with van der Waals surface area (Å²) in [6.07, 6.45) is 1.53. The highest BCUT2D eigenvalue weighted by atomic mass is 35.5. The lowest BCUT2D eigenvalue weighted by Gasteiger charge is -2.15. The third kappa shape index (κ3) is 3.79. The molecule has 4 aromatic rings. The van der Waals surface area contributed by atoms with Gasteiger partial charge in [-0.2, -0.15) is 0 Å². The van der Waals surface area contributed by atoms with E-state index in [2.05, 4.69) is 0 Å². The zero-order valence-electron chi connectivity index (χ0n) is 15.6. The number of esters is 1. The number of aromatic nitrogens is 2. The molecular formula is C22H16Cl2N2O4. The van der Waals surface area contributed by atoms with E-state index in [1.54, 1.807) is 30.3 Å². The molecule has 4 rings (SSSR count). The summed E-state index contributed by atoms with van der Waals surface area (Å²) in [5.41, 5.74) is 1.09. The summed E-state index contributed by atoms with van der Waals surface area (Å²) in [6.45, 7) is 0.0377. The highest BCUT2D eigenvalue weighted by Gasteiger charge is 2.23. The third-order valence-corrected chi connectivity index (χ3v) is 5.39. The number of hydrogen-bond acceptors (Lipinski definition) is 4. The van der Waals surface area contributed by atoms with Gasteiger partial charge in [0.2, 0.25) is 5.88 Å². The molecule has 0 spiro atoms. The molecule has 8 heteroatoms. The normalized spacial score (nSPS) is 11.0. The van der Waals surface area contributed by atoms with Crippen molar-refractivity contribution in [3.05, 3.63) is 104 Å². The van der Waals surface area contributed by atoms with Crippen LogP contribution in [-0.4, -0.2) is 20.0 Å². The predicted molar refractivity (Wildman–Crippen MR) is 114 cm³/mol. The zero-order valence-corrected chi connectivity index (χ0v) is 17.1. The molecule has 0 unspecified atom stereocenters. The highest BCUT2D eigenvalue weighted by molar-refractivity contribution is 6.42. The lowest BCUT2D eigenvalue weighted by atomic mass is 10.2. The molecular weight excluding hydrogens is 427 g/mol. The SMILES string of the molecule is O=C(OCc1ccccc1)c1c(O)n(Cc2ccc(Cl)c(Cl)c2)c(=O)c2cccn12. The minimum Gasteiger partial charge on any atom is -0.493 e. The smallest absolute Gasteiger partial charge is 0.361 e. The van der Waals surface area contributed by atoms with Gasteiger partial charge in [-0.1, -0.05) is 59.6 Å². The van der Waals surface area contributed by atoms with Crippen LogP contribution >= 0.6 is 23.2 Å². The number of carbonyl (C=O) groups excluding carboxylic acids is 1. The minimum atomic E-state index is -0.750. The van der Waals surface area contributed by atoms with Crippen molar-refractivity contribution < 1.29 is 14.6 Å². The third-order valence-electron chi connectivity index (χ3n) is 4.65. The van der Waals surface area contributed by atoms with E-state index < -0.39 is 17.4 Å². The van der Waals surface area contributed by atoms with Gasteiger partial charge in [0.05, 0.1) is 16.6 Å². The second kappa shape index (κ2) is 8.26. The first-order valence-corrected chi connectivity index (χ1v) is 9.79. The van der Waals surface area contributed by atoms with Gasteiger partial charge in [-0.3, -0.25) is 9.36 Å².